The molecule has 0 spiro atoms. The van der Waals surface area contributed by atoms with Crippen LogP contribution in [0.4, 0.5) is 11.4 Å². The predicted octanol–water partition coefficient (Wildman–Crippen LogP) is 5.41. The Morgan fingerprint density at radius 3 is 2.70 bits per heavy atom. The van der Waals surface area contributed by atoms with Gasteiger partial charge in [-0.05, 0) is 24.3 Å². The third kappa shape index (κ3) is 3.61. The lowest BCUT2D eigenvalue weighted by atomic mass is 10.1. The van der Waals surface area contributed by atoms with E-state index in [0.717, 1.165) is 11.8 Å². The number of hydrogen-bond acceptors (Lipinski definition) is 7. The SMILES string of the molecule is O=C1/C(=C\c2coc3c(Cl)cc(Cl)cc3c2=O)SC(=S)N1c1cccc([N+](=O)[O-])c1. The number of rotatable bonds is 3. The summed E-state index contributed by atoms with van der Waals surface area (Å²) in [6, 6.07) is 8.45. The number of benzene rings is 2. The van der Waals surface area contributed by atoms with Gasteiger partial charge in [0.25, 0.3) is 11.6 Å². The van der Waals surface area contributed by atoms with Crippen LogP contribution in [0.25, 0.3) is 17.0 Å². The van der Waals surface area contributed by atoms with Crippen molar-refractivity contribution in [2.24, 2.45) is 0 Å². The summed E-state index contributed by atoms with van der Waals surface area (Å²) < 4.78 is 5.64. The van der Waals surface area contributed by atoms with Gasteiger partial charge in [0.05, 0.1) is 31.5 Å². The standard InChI is InChI=1S/C19H8Cl2N2O5S2/c20-10-5-13-16(24)9(8-28-17(13)14(21)6-10)4-15-18(25)22(19(29)30-15)11-2-1-3-12(7-11)23(26)27/h1-8H/b15-4+. The van der Waals surface area contributed by atoms with Crippen molar-refractivity contribution < 1.29 is 14.1 Å². The van der Waals surface area contributed by atoms with E-state index in [1.165, 1.54) is 53.6 Å². The van der Waals surface area contributed by atoms with Crippen molar-refractivity contribution in [1.82, 2.24) is 0 Å². The molecule has 3 aromatic rings. The molecule has 2 heterocycles. The van der Waals surface area contributed by atoms with Crippen molar-refractivity contribution >= 4 is 85.8 Å². The lowest BCUT2D eigenvalue weighted by Crippen LogP contribution is -2.27. The van der Waals surface area contributed by atoms with Crippen LogP contribution in [0.2, 0.25) is 10.0 Å². The fourth-order valence-corrected chi connectivity index (χ4v) is 4.68. The summed E-state index contributed by atoms with van der Waals surface area (Å²) in [5.74, 6) is -0.505. The van der Waals surface area contributed by atoms with Crippen molar-refractivity contribution in [3.05, 3.63) is 83.5 Å². The number of carbonyl (C=O) groups is 1. The van der Waals surface area contributed by atoms with E-state index in [9.17, 15) is 19.7 Å². The van der Waals surface area contributed by atoms with Gasteiger partial charge >= 0.3 is 0 Å². The Hall–Kier alpha value is -2.72. The molecule has 1 aromatic heterocycles. The van der Waals surface area contributed by atoms with Crippen LogP contribution in [0.5, 0.6) is 0 Å². The van der Waals surface area contributed by atoms with Gasteiger partial charge in [-0.2, -0.15) is 0 Å². The van der Waals surface area contributed by atoms with E-state index in [4.69, 9.17) is 39.8 Å². The van der Waals surface area contributed by atoms with E-state index in [1.54, 1.807) is 0 Å². The zero-order valence-electron chi connectivity index (χ0n) is 14.6. The molecule has 0 radical (unpaired) electrons. The first kappa shape index (κ1) is 20.5. The van der Waals surface area contributed by atoms with Crippen molar-refractivity contribution in [3.8, 4) is 0 Å². The highest BCUT2D eigenvalue weighted by Gasteiger charge is 2.34. The number of thioether (sulfide) groups is 1. The molecule has 1 fully saturated rings. The number of thiocarbonyl (C=S) groups is 1. The highest BCUT2D eigenvalue weighted by Crippen LogP contribution is 2.37. The van der Waals surface area contributed by atoms with E-state index in [-0.39, 0.29) is 47.2 Å². The number of non-ortho nitro benzene ring substituents is 1. The number of fused-ring (bicyclic) bond motifs is 1. The molecule has 2 aromatic carbocycles. The van der Waals surface area contributed by atoms with Crippen LogP contribution in [-0.4, -0.2) is 15.2 Å². The Labute approximate surface area is 188 Å². The minimum absolute atomic E-state index is 0.111. The quantitative estimate of drug-likeness (QED) is 0.215. The molecule has 1 aliphatic rings. The summed E-state index contributed by atoms with van der Waals surface area (Å²) >= 11 is 18.3. The van der Waals surface area contributed by atoms with E-state index in [2.05, 4.69) is 0 Å². The molecule has 0 atom stereocenters. The molecular weight excluding hydrogens is 471 g/mol. The second-order valence-corrected chi connectivity index (χ2v) is 8.60. The first-order valence-electron chi connectivity index (χ1n) is 8.19. The third-order valence-electron chi connectivity index (χ3n) is 4.20. The van der Waals surface area contributed by atoms with Gasteiger partial charge in [-0.15, -0.1) is 0 Å². The Morgan fingerprint density at radius 1 is 1.20 bits per heavy atom. The number of nitro benzene ring substituents is 1. The molecule has 0 bridgehead atoms. The Bertz CT molecular complexity index is 1350. The summed E-state index contributed by atoms with van der Waals surface area (Å²) in [7, 11) is 0. The van der Waals surface area contributed by atoms with Gasteiger partial charge in [-0.25, -0.2) is 0 Å². The molecule has 1 aliphatic heterocycles. The number of nitro groups is 1. The second kappa shape index (κ2) is 7.84. The molecule has 11 heteroatoms. The molecule has 1 amide bonds. The van der Waals surface area contributed by atoms with Gasteiger partial charge in [0.2, 0.25) is 0 Å². The highest BCUT2D eigenvalue weighted by atomic mass is 35.5. The molecule has 150 valence electrons. The van der Waals surface area contributed by atoms with Gasteiger partial charge in [0.15, 0.2) is 15.3 Å². The Kier molecular flexibility index (Phi) is 5.37. The molecular formula is C19H8Cl2N2O5S2. The average molecular weight is 479 g/mol. The summed E-state index contributed by atoms with van der Waals surface area (Å²) in [5.41, 5.74) is -0.0253. The number of hydrogen-bond donors (Lipinski definition) is 0. The molecule has 0 unspecified atom stereocenters. The molecule has 0 aliphatic carbocycles. The minimum atomic E-state index is -0.562. The predicted molar refractivity (Wildman–Crippen MR) is 121 cm³/mol. The average Bonchev–Trinajstić information content (AvgIpc) is 2.97. The lowest BCUT2D eigenvalue weighted by Gasteiger charge is -2.13. The van der Waals surface area contributed by atoms with Gasteiger partial charge in [0.1, 0.15) is 6.26 Å². The minimum Gasteiger partial charge on any atom is -0.462 e. The largest absolute Gasteiger partial charge is 0.462 e. The topological polar surface area (TPSA) is 93.7 Å². The van der Waals surface area contributed by atoms with Crippen LogP contribution >= 0.6 is 47.2 Å². The first-order chi connectivity index (χ1) is 14.3. The van der Waals surface area contributed by atoms with Gasteiger partial charge in [-0.1, -0.05) is 53.2 Å². The number of nitrogens with zero attached hydrogens (tertiary/aromatic N) is 2. The highest BCUT2D eigenvalue weighted by molar-refractivity contribution is 8.27. The molecule has 0 saturated carbocycles. The molecule has 30 heavy (non-hydrogen) atoms. The van der Waals surface area contributed by atoms with Crippen LogP contribution in [0.15, 0.2) is 56.8 Å². The van der Waals surface area contributed by atoms with Crippen molar-refractivity contribution in [2.45, 2.75) is 0 Å². The lowest BCUT2D eigenvalue weighted by molar-refractivity contribution is -0.384. The maximum Gasteiger partial charge on any atom is 0.271 e. The van der Waals surface area contributed by atoms with Gasteiger partial charge in [0, 0.05) is 17.2 Å². The van der Waals surface area contributed by atoms with Crippen LogP contribution in [0, 0.1) is 10.1 Å². The monoisotopic (exact) mass is 478 g/mol. The van der Waals surface area contributed by atoms with E-state index < -0.39 is 16.3 Å². The molecule has 4 rings (SSSR count). The fraction of sp³-hybridized carbons (Fsp3) is 0. The van der Waals surface area contributed by atoms with Crippen LogP contribution in [-0.2, 0) is 4.79 Å². The molecule has 0 N–H and O–H groups in total. The smallest absolute Gasteiger partial charge is 0.271 e. The summed E-state index contributed by atoms with van der Waals surface area (Å²) in [6.07, 6.45) is 2.56. The van der Waals surface area contributed by atoms with Crippen LogP contribution in [0.3, 0.4) is 0 Å². The number of halogens is 2. The maximum atomic E-state index is 12.9. The van der Waals surface area contributed by atoms with Crippen LogP contribution in [0.1, 0.15) is 5.56 Å². The van der Waals surface area contributed by atoms with Crippen LogP contribution < -0.4 is 10.3 Å². The summed E-state index contributed by atoms with van der Waals surface area (Å²) in [5, 5.41) is 11.7. The normalized spacial score (nSPS) is 15.4. The number of anilines is 1. The van der Waals surface area contributed by atoms with E-state index in [0.29, 0.717) is 0 Å². The van der Waals surface area contributed by atoms with Gasteiger partial charge < -0.3 is 4.42 Å². The van der Waals surface area contributed by atoms with E-state index in [1.807, 2.05) is 0 Å². The zero-order valence-corrected chi connectivity index (χ0v) is 17.8. The third-order valence-corrected chi connectivity index (χ3v) is 6.00. The number of amides is 1. The van der Waals surface area contributed by atoms with E-state index >= 15 is 0 Å². The first-order valence-corrected chi connectivity index (χ1v) is 10.2. The Balaban J connectivity index is 1.76. The number of carbonyl (C=O) groups excluding carboxylic acids is 1. The van der Waals surface area contributed by atoms with Crippen molar-refractivity contribution in [3.63, 3.8) is 0 Å². The van der Waals surface area contributed by atoms with Crippen molar-refractivity contribution in [2.75, 3.05) is 4.90 Å². The summed E-state index contributed by atoms with van der Waals surface area (Å²) in [4.78, 5) is 37.5. The fourth-order valence-electron chi connectivity index (χ4n) is 2.86. The second-order valence-electron chi connectivity index (χ2n) is 6.08. The van der Waals surface area contributed by atoms with Crippen molar-refractivity contribution in [1.29, 1.82) is 0 Å². The zero-order chi connectivity index (χ0) is 21.6. The molecule has 1 saturated heterocycles. The van der Waals surface area contributed by atoms with Gasteiger partial charge in [-0.3, -0.25) is 24.6 Å². The molecule has 7 nitrogen and oxygen atoms in total. The maximum absolute atomic E-state index is 12.9. The Morgan fingerprint density at radius 2 is 1.97 bits per heavy atom. The summed E-state index contributed by atoms with van der Waals surface area (Å²) in [6.45, 7) is 0.